The molecule has 6 nitrogen and oxygen atoms in total. The zero-order valence-corrected chi connectivity index (χ0v) is 23.5. The molecule has 0 aliphatic carbocycles. The number of piperazine rings is 1. The summed E-state index contributed by atoms with van der Waals surface area (Å²) in [4.78, 5) is 37.1. The van der Waals surface area contributed by atoms with Crippen LogP contribution in [-0.4, -0.2) is 81.7 Å². The molecule has 2 aliphatic heterocycles. The second kappa shape index (κ2) is 11.4. The number of ketones is 1. The Labute approximate surface area is 229 Å². The third-order valence-electron chi connectivity index (χ3n) is 7.99. The van der Waals surface area contributed by atoms with Crippen molar-refractivity contribution in [2.75, 3.05) is 32.7 Å². The monoisotopic (exact) mass is 546 g/mol. The average molecular weight is 547 g/mol. The molecule has 38 heavy (non-hydrogen) atoms. The minimum atomic E-state index is -0.627. The number of Topliss-reactive ketones (excluding diaryl/α,β-unsaturated/α-hetero) is 1. The second-order valence-corrected chi connectivity index (χ2v) is 12.1. The third-order valence-corrected chi connectivity index (χ3v) is 8.21. The van der Waals surface area contributed by atoms with Crippen LogP contribution in [0.4, 0.5) is 8.78 Å². The highest BCUT2D eigenvalue weighted by atomic mass is 35.5. The van der Waals surface area contributed by atoms with Crippen LogP contribution in [0.5, 0.6) is 0 Å². The fraction of sp³-hybridized carbons (Fsp3) is 0.552. The molecule has 0 N–H and O–H groups in total. The van der Waals surface area contributed by atoms with Crippen LogP contribution in [0, 0.1) is 17.6 Å². The molecule has 4 rings (SSSR count). The SMILES string of the molecule is CC(=O)[C@H](Cc1ccc(Cl)cn1)N1CCN(C(=O)[C@@H]2CN(C(C)(C)C)C[C@H]2c2ccc(F)cc2F)[C@@H](C)C1. The summed E-state index contributed by atoms with van der Waals surface area (Å²) >= 11 is 5.96. The number of carbonyl (C=O) groups excluding carboxylic acids is 2. The molecule has 2 fully saturated rings. The van der Waals surface area contributed by atoms with Crippen LogP contribution in [0.1, 0.15) is 51.8 Å². The first-order chi connectivity index (χ1) is 17.8. The lowest BCUT2D eigenvalue weighted by atomic mass is 9.87. The van der Waals surface area contributed by atoms with Crippen molar-refractivity contribution in [3.8, 4) is 0 Å². The predicted molar refractivity (Wildman–Crippen MR) is 144 cm³/mol. The van der Waals surface area contributed by atoms with Crippen LogP contribution in [-0.2, 0) is 16.0 Å². The van der Waals surface area contributed by atoms with Crippen LogP contribution >= 0.6 is 11.6 Å². The molecule has 0 saturated carbocycles. The Bertz CT molecular complexity index is 1170. The van der Waals surface area contributed by atoms with Gasteiger partial charge >= 0.3 is 0 Å². The van der Waals surface area contributed by atoms with Crippen molar-refractivity contribution in [3.63, 3.8) is 0 Å². The van der Waals surface area contributed by atoms with Crippen molar-refractivity contribution in [2.45, 2.75) is 64.6 Å². The third kappa shape index (κ3) is 6.24. The fourth-order valence-electron chi connectivity index (χ4n) is 5.78. The lowest BCUT2D eigenvalue weighted by Crippen LogP contribution is -2.59. The Morgan fingerprint density at radius 1 is 1.11 bits per heavy atom. The van der Waals surface area contributed by atoms with Gasteiger partial charge in [-0.05, 0) is 58.4 Å². The highest BCUT2D eigenvalue weighted by molar-refractivity contribution is 6.30. The maximum absolute atomic E-state index is 14.9. The van der Waals surface area contributed by atoms with Gasteiger partial charge in [0.25, 0.3) is 0 Å². The van der Waals surface area contributed by atoms with Crippen LogP contribution in [0.25, 0.3) is 0 Å². The Morgan fingerprint density at radius 3 is 2.42 bits per heavy atom. The van der Waals surface area contributed by atoms with E-state index in [1.807, 2.05) is 17.9 Å². The topological polar surface area (TPSA) is 56.8 Å². The highest BCUT2D eigenvalue weighted by Crippen LogP contribution is 2.39. The minimum Gasteiger partial charge on any atom is -0.337 e. The van der Waals surface area contributed by atoms with Crippen molar-refractivity contribution >= 4 is 23.3 Å². The number of likely N-dealkylation sites (tertiary alicyclic amines) is 1. The van der Waals surface area contributed by atoms with Crippen LogP contribution < -0.4 is 0 Å². The van der Waals surface area contributed by atoms with Gasteiger partial charge in [-0.2, -0.15) is 0 Å². The number of halogens is 3. The number of nitrogens with zero attached hydrogens (tertiary/aromatic N) is 4. The predicted octanol–water partition coefficient (Wildman–Crippen LogP) is 4.56. The molecule has 0 bridgehead atoms. The number of hydrogen-bond donors (Lipinski definition) is 0. The summed E-state index contributed by atoms with van der Waals surface area (Å²) in [7, 11) is 0. The lowest BCUT2D eigenvalue weighted by Gasteiger charge is -2.44. The van der Waals surface area contributed by atoms with Gasteiger partial charge in [-0.25, -0.2) is 8.78 Å². The first-order valence-corrected chi connectivity index (χ1v) is 13.6. The molecule has 2 saturated heterocycles. The minimum absolute atomic E-state index is 0.0173. The summed E-state index contributed by atoms with van der Waals surface area (Å²) in [6.07, 6.45) is 2.05. The first-order valence-electron chi connectivity index (χ1n) is 13.2. The van der Waals surface area contributed by atoms with Gasteiger partial charge in [-0.3, -0.25) is 24.4 Å². The number of hydrogen-bond acceptors (Lipinski definition) is 5. The fourth-order valence-corrected chi connectivity index (χ4v) is 5.90. The summed E-state index contributed by atoms with van der Waals surface area (Å²) in [6.45, 7) is 12.4. The molecule has 9 heteroatoms. The van der Waals surface area contributed by atoms with Gasteiger partial charge in [0.2, 0.25) is 5.91 Å². The molecule has 2 aromatic rings. The highest BCUT2D eigenvalue weighted by Gasteiger charge is 2.46. The van der Waals surface area contributed by atoms with Gasteiger partial charge < -0.3 is 4.90 Å². The van der Waals surface area contributed by atoms with E-state index >= 15 is 0 Å². The number of amides is 1. The molecular formula is C29H37ClF2N4O2. The summed E-state index contributed by atoms with van der Waals surface area (Å²) in [5.41, 5.74) is 0.978. The molecular weight excluding hydrogens is 510 g/mol. The molecule has 4 atom stereocenters. The van der Waals surface area contributed by atoms with Crippen LogP contribution in [0.15, 0.2) is 36.5 Å². The van der Waals surface area contributed by atoms with E-state index in [1.54, 1.807) is 19.2 Å². The van der Waals surface area contributed by atoms with Gasteiger partial charge in [0.15, 0.2) is 0 Å². The van der Waals surface area contributed by atoms with Gasteiger partial charge in [0.05, 0.1) is 17.0 Å². The van der Waals surface area contributed by atoms with E-state index in [-0.39, 0.29) is 35.2 Å². The van der Waals surface area contributed by atoms with Crippen molar-refractivity contribution in [2.24, 2.45) is 5.92 Å². The summed E-state index contributed by atoms with van der Waals surface area (Å²) < 4.78 is 28.5. The van der Waals surface area contributed by atoms with Gasteiger partial charge in [-0.1, -0.05) is 17.7 Å². The Morgan fingerprint density at radius 2 is 1.84 bits per heavy atom. The van der Waals surface area contributed by atoms with Crippen LogP contribution in [0.3, 0.4) is 0 Å². The van der Waals surface area contributed by atoms with E-state index in [4.69, 9.17) is 11.6 Å². The molecule has 1 aromatic carbocycles. The Balaban J connectivity index is 1.51. The molecule has 2 aliphatic rings. The second-order valence-electron chi connectivity index (χ2n) is 11.6. The summed E-state index contributed by atoms with van der Waals surface area (Å²) in [5.74, 6) is -2.01. The molecule has 3 heterocycles. The van der Waals surface area contributed by atoms with E-state index in [0.29, 0.717) is 49.7 Å². The van der Waals surface area contributed by atoms with Crippen LogP contribution in [0.2, 0.25) is 5.02 Å². The maximum Gasteiger partial charge on any atom is 0.227 e. The zero-order valence-electron chi connectivity index (χ0n) is 22.8. The number of rotatable bonds is 6. The lowest BCUT2D eigenvalue weighted by molar-refractivity contribution is -0.141. The van der Waals surface area contributed by atoms with E-state index in [0.717, 1.165) is 11.8 Å². The van der Waals surface area contributed by atoms with Gasteiger partial charge in [-0.15, -0.1) is 0 Å². The van der Waals surface area contributed by atoms with E-state index in [9.17, 15) is 18.4 Å². The van der Waals surface area contributed by atoms with Gasteiger partial charge in [0, 0.05) is 74.6 Å². The smallest absolute Gasteiger partial charge is 0.227 e. The number of aromatic nitrogens is 1. The Kier molecular flexibility index (Phi) is 8.55. The van der Waals surface area contributed by atoms with E-state index < -0.39 is 17.6 Å². The molecule has 0 unspecified atom stereocenters. The zero-order chi connectivity index (χ0) is 27.8. The molecule has 206 valence electrons. The van der Waals surface area contributed by atoms with Crippen molar-refractivity contribution in [1.82, 2.24) is 19.7 Å². The standard InChI is InChI=1S/C29H37ClF2N4O2/c1-18-15-34(27(19(2)37)13-22-8-6-20(30)14-33-22)10-11-36(18)28(38)25-17-35(29(3,4)5)16-24(25)23-9-7-21(31)12-26(23)32/h6-9,12,14,18,24-25,27H,10-11,13,15-17H2,1-5H3/t18-,24-,25+,27-/m0/s1. The molecule has 1 amide bonds. The van der Waals surface area contributed by atoms with Crippen molar-refractivity contribution in [3.05, 3.63) is 64.4 Å². The Hall–Kier alpha value is -2.42. The van der Waals surface area contributed by atoms with E-state index in [2.05, 4.69) is 35.6 Å². The summed E-state index contributed by atoms with van der Waals surface area (Å²) in [5, 5.41) is 0.546. The molecule has 0 spiro atoms. The number of carbonyl (C=O) groups is 2. The first kappa shape index (κ1) is 28.6. The largest absolute Gasteiger partial charge is 0.337 e. The number of benzene rings is 1. The summed E-state index contributed by atoms with van der Waals surface area (Å²) in [6, 6.07) is 6.77. The number of pyridine rings is 1. The van der Waals surface area contributed by atoms with Crippen molar-refractivity contribution in [1.29, 1.82) is 0 Å². The maximum atomic E-state index is 14.9. The average Bonchev–Trinajstić information content (AvgIpc) is 3.29. The molecule has 1 aromatic heterocycles. The van der Waals surface area contributed by atoms with Crippen molar-refractivity contribution < 1.29 is 18.4 Å². The quantitative estimate of drug-likeness (QED) is 0.532. The van der Waals surface area contributed by atoms with E-state index in [1.165, 1.54) is 12.1 Å². The normalized spacial score (nSPS) is 24.0. The molecule has 0 radical (unpaired) electrons. The van der Waals surface area contributed by atoms with Gasteiger partial charge in [0.1, 0.15) is 17.4 Å².